The van der Waals surface area contributed by atoms with Crippen LogP contribution < -0.4 is 0 Å². The second-order valence-corrected chi connectivity index (χ2v) is 6.20. The molecule has 0 unspecified atom stereocenters. The van der Waals surface area contributed by atoms with Gasteiger partial charge in [0.1, 0.15) is 10.3 Å². The van der Waals surface area contributed by atoms with Gasteiger partial charge in [-0.2, -0.15) is 5.26 Å². The summed E-state index contributed by atoms with van der Waals surface area (Å²) in [4.78, 5) is 0. The maximum absolute atomic E-state index is 11.5. The molecule has 0 aliphatic carbocycles. The van der Waals surface area contributed by atoms with E-state index in [0.29, 0.717) is 9.77 Å². The first-order valence-electron chi connectivity index (χ1n) is 5.05. The number of hydrogen-bond donors (Lipinski definition) is 0. The molecule has 2 nitrogen and oxygen atoms in total. The minimum atomic E-state index is -1.10. The third-order valence-electron chi connectivity index (χ3n) is 2.49. The normalized spacial score (nSPS) is 12.1. The largest absolute Gasteiger partial charge is 0.254 e. The predicted octanol–water partition coefficient (Wildman–Crippen LogP) is 3.33. The SMILES string of the molecule is Cc1ccc(-c2csc([S@](C)=O)c2C#N)cc1. The molecule has 1 aromatic carbocycles. The van der Waals surface area contributed by atoms with E-state index in [1.165, 1.54) is 16.9 Å². The van der Waals surface area contributed by atoms with E-state index < -0.39 is 10.8 Å². The minimum absolute atomic E-state index is 0.541. The summed E-state index contributed by atoms with van der Waals surface area (Å²) in [6.07, 6.45) is 1.60. The highest BCUT2D eigenvalue weighted by Crippen LogP contribution is 2.32. The summed E-state index contributed by atoms with van der Waals surface area (Å²) < 4.78 is 12.1. The van der Waals surface area contributed by atoms with Crippen molar-refractivity contribution in [1.82, 2.24) is 0 Å². The maximum Gasteiger partial charge on any atom is 0.109 e. The number of rotatable bonds is 2. The summed E-state index contributed by atoms with van der Waals surface area (Å²) in [5.74, 6) is 0. The number of nitriles is 1. The van der Waals surface area contributed by atoms with E-state index in [-0.39, 0.29) is 0 Å². The fourth-order valence-electron chi connectivity index (χ4n) is 1.60. The first-order valence-corrected chi connectivity index (χ1v) is 7.49. The van der Waals surface area contributed by atoms with Crippen molar-refractivity contribution in [1.29, 1.82) is 5.26 Å². The average Bonchev–Trinajstić information content (AvgIpc) is 2.73. The highest BCUT2D eigenvalue weighted by molar-refractivity contribution is 7.86. The van der Waals surface area contributed by atoms with Gasteiger partial charge in [0.2, 0.25) is 0 Å². The van der Waals surface area contributed by atoms with E-state index >= 15 is 0 Å². The molecule has 0 bridgehead atoms. The van der Waals surface area contributed by atoms with Crippen LogP contribution in [0.25, 0.3) is 11.1 Å². The second kappa shape index (κ2) is 4.82. The minimum Gasteiger partial charge on any atom is -0.254 e. The van der Waals surface area contributed by atoms with Gasteiger partial charge in [0.15, 0.2) is 0 Å². The Hall–Kier alpha value is -1.44. The van der Waals surface area contributed by atoms with Gasteiger partial charge < -0.3 is 0 Å². The van der Waals surface area contributed by atoms with Gasteiger partial charge in [0.05, 0.1) is 16.4 Å². The Morgan fingerprint density at radius 2 is 1.94 bits per heavy atom. The van der Waals surface area contributed by atoms with Gasteiger partial charge in [-0.1, -0.05) is 29.8 Å². The molecule has 0 fully saturated rings. The van der Waals surface area contributed by atoms with Crippen molar-refractivity contribution in [2.45, 2.75) is 11.1 Å². The van der Waals surface area contributed by atoms with E-state index in [1.54, 1.807) is 6.26 Å². The molecule has 17 heavy (non-hydrogen) atoms. The van der Waals surface area contributed by atoms with Gasteiger partial charge in [-0.05, 0) is 12.5 Å². The van der Waals surface area contributed by atoms with Crippen molar-refractivity contribution >= 4 is 22.1 Å². The number of thiophene rings is 1. The van der Waals surface area contributed by atoms with Crippen LogP contribution in [0.1, 0.15) is 11.1 Å². The molecule has 86 valence electrons. The molecule has 0 radical (unpaired) electrons. The van der Waals surface area contributed by atoms with Crippen LogP contribution in [0.5, 0.6) is 0 Å². The van der Waals surface area contributed by atoms with Crippen LogP contribution in [-0.4, -0.2) is 10.5 Å². The van der Waals surface area contributed by atoms with Gasteiger partial charge in [-0.15, -0.1) is 11.3 Å². The van der Waals surface area contributed by atoms with Crippen LogP contribution in [-0.2, 0) is 10.8 Å². The lowest BCUT2D eigenvalue weighted by Crippen LogP contribution is -1.88. The Labute approximate surface area is 107 Å². The summed E-state index contributed by atoms with van der Waals surface area (Å²) in [5.41, 5.74) is 3.60. The van der Waals surface area contributed by atoms with Crippen molar-refractivity contribution in [3.63, 3.8) is 0 Å². The Kier molecular flexibility index (Phi) is 3.41. The zero-order valence-electron chi connectivity index (χ0n) is 9.56. The third-order valence-corrected chi connectivity index (χ3v) is 4.98. The van der Waals surface area contributed by atoms with E-state index in [0.717, 1.165) is 11.1 Å². The Morgan fingerprint density at radius 3 is 2.47 bits per heavy atom. The monoisotopic (exact) mass is 261 g/mol. The molecular formula is C13H11NOS2. The van der Waals surface area contributed by atoms with Crippen molar-refractivity contribution < 1.29 is 4.21 Å². The molecule has 0 saturated heterocycles. The number of nitrogens with zero attached hydrogens (tertiary/aromatic N) is 1. The highest BCUT2D eigenvalue weighted by atomic mass is 32.2. The van der Waals surface area contributed by atoms with Gasteiger partial charge in [0, 0.05) is 17.2 Å². The molecule has 0 amide bonds. The summed E-state index contributed by atoms with van der Waals surface area (Å²) >= 11 is 1.39. The zero-order valence-corrected chi connectivity index (χ0v) is 11.2. The van der Waals surface area contributed by atoms with Crippen LogP contribution in [0.15, 0.2) is 33.9 Å². The number of benzene rings is 1. The molecule has 2 rings (SSSR count). The molecule has 1 aromatic heterocycles. The second-order valence-electron chi connectivity index (χ2n) is 3.74. The van der Waals surface area contributed by atoms with Crippen molar-refractivity contribution in [2.24, 2.45) is 0 Å². The van der Waals surface area contributed by atoms with Crippen LogP contribution in [0.3, 0.4) is 0 Å². The van der Waals surface area contributed by atoms with E-state index in [4.69, 9.17) is 0 Å². The Morgan fingerprint density at radius 1 is 1.29 bits per heavy atom. The van der Waals surface area contributed by atoms with Crippen molar-refractivity contribution in [3.05, 3.63) is 40.8 Å². The van der Waals surface area contributed by atoms with Crippen molar-refractivity contribution in [2.75, 3.05) is 6.26 Å². The molecule has 4 heteroatoms. The lowest BCUT2D eigenvalue weighted by Gasteiger charge is -2.00. The molecule has 1 atom stereocenters. The molecule has 0 aliphatic rings. The van der Waals surface area contributed by atoms with E-state index in [2.05, 4.69) is 6.07 Å². The molecule has 0 aliphatic heterocycles. The fraction of sp³-hybridized carbons (Fsp3) is 0.154. The van der Waals surface area contributed by atoms with E-state index in [1.807, 2.05) is 36.6 Å². The lowest BCUT2D eigenvalue weighted by atomic mass is 10.0. The Balaban J connectivity index is 2.57. The average molecular weight is 261 g/mol. The molecule has 0 saturated carbocycles. The molecule has 0 spiro atoms. The molecule has 1 heterocycles. The number of hydrogen-bond acceptors (Lipinski definition) is 3. The topological polar surface area (TPSA) is 40.9 Å². The lowest BCUT2D eigenvalue weighted by molar-refractivity contribution is 0.688. The first kappa shape index (κ1) is 12.0. The predicted molar refractivity (Wildman–Crippen MR) is 71.5 cm³/mol. The van der Waals surface area contributed by atoms with Crippen LogP contribution >= 0.6 is 11.3 Å². The summed E-state index contributed by atoms with van der Waals surface area (Å²) in [6.45, 7) is 2.02. The smallest absolute Gasteiger partial charge is 0.109 e. The summed E-state index contributed by atoms with van der Waals surface area (Å²) in [5, 5.41) is 11.1. The fourth-order valence-corrected chi connectivity index (χ4v) is 3.48. The molecular weight excluding hydrogens is 250 g/mol. The first-order chi connectivity index (χ1) is 8.13. The summed E-state index contributed by atoms with van der Waals surface area (Å²) in [6, 6.07) is 10.2. The van der Waals surface area contributed by atoms with Crippen molar-refractivity contribution in [3.8, 4) is 17.2 Å². The molecule has 2 aromatic rings. The standard InChI is InChI=1S/C13H11NOS2/c1-9-3-5-10(6-4-9)12-8-16-13(17(2)15)11(12)7-14/h3-6,8H,1-2H3/t17-/m0/s1. The quantitative estimate of drug-likeness (QED) is 0.832. The van der Waals surface area contributed by atoms with Crippen LogP contribution in [0, 0.1) is 18.3 Å². The zero-order chi connectivity index (χ0) is 12.4. The van der Waals surface area contributed by atoms with E-state index in [9.17, 15) is 9.47 Å². The van der Waals surface area contributed by atoms with Gasteiger partial charge in [-0.3, -0.25) is 4.21 Å². The third kappa shape index (κ3) is 2.31. The Bertz CT molecular complexity index is 605. The summed E-state index contributed by atoms with van der Waals surface area (Å²) in [7, 11) is -1.10. The number of aryl methyl sites for hydroxylation is 1. The van der Waals surface area contributed by atoms with Crippen LogP contribution in [0.2, 0.25) is 0 Å². The maximum atomic E-state index is 11.5. The van der Waals surface area contributed by atoms with Gasteiger partial charge in [-0.25, -0.2) is 0 Å². The molecule has 0 N–H and O–H groups in total. The van der Waals surface area contributed by atoms with Gasteiger partial charge in [0.25, 0.3) is 0 Å². The van der Waals surface area contributed by atoms with Crippen LogP contribution in [0.4, 0.5) is 0 Å². The highest BCUT2D eigenvalue weighted by Gasteiger charge is 2.15. The van der Waals surface area contributed by atoms with Gasteiger partial charge >= 0.3 is 0 Å².